The summed E-state index contributed by atoms with van der Waals surface area (Å²) in [6.45, 7) is 5.10. The number of hydrogen-bond donors (Lipinski definition) is 2. The summed E-state index contributed by atoms with van der Waals surface area (Å²) in [5.74, 6) is 0.817. The van der Waals surface area contributed by atoms with Crippen molar-refractivity contribution < 1.29 is 14.3 Å². The van der Waals surface area contributed by atoms with Crippen molar-refractivity contribution >= 4 is 11.9 Å². The number of likely N-dealkylation sites (tertiary alicyclic amines) is 1. The minimum absolute atomic E-state index is 0.151. The Morgan fingerprint density at radius 3 is 2.79 bits per heavy atom. The van der Waals surface area contributed by atoms with E-state index in [4.69, 9.17) is 9.47 Å². The smallest absolute Gasteiger partial charge is 0.241 e. The maximum atomic E-state index is 12.1. The van der Waals surface area contributed by atoms with E-state index in [-0.39, 0.29) is 12.0 Å². The quantitative estimate of drug-likeness (QED) is 0.387. The topological polar surface area (TPSA) is 75.2 Å². The summed E-state index contributed by atoms with van der Waals surface area (Å²) in [6.07, 6.45) is 6.90. The molecule has 1 unspecified atom stereocenters. The van der Waals surface area contributed by atoms with Crippen LogP contribution in [0.1, 0.15) is 38.5 Å². The second kappa shape index (κ2) is 11.3. The van der Waals surface area contributed by atoms with Crippen LogP contribution in [0.15, 0.2) is 4.99 Å². The summed E-state index contributed by atoms with van der Waals surface area (Å²) in [5, 5.41) is 6.30. The lowest BCUT2D eigenvalue weighted by atomic mass is 10.1. The fraction of sp³-hybridized carbons (Fsp3) is 0.882. The first-order valence-electron chi connectivity index (χ1n) is 9.21. The van der Waals surface area contributed by atoms with E-state index in [0.29, 0.717) is 25.7 Å². The Labute approximate surface area is 145 Å². The second-order valence-corrected chi connectivity index (χ2v) is 6.36. The molecular weight excluding hydrogens is 308 g/mol. The molecule has 0 spiro atoms. The summed E-state index contributed by atoms with van der Waals surface area (Å²) in [7, 11) is 1.72. The average molecular weight is 340 g/mol. The van der Waals surface area contributed by atoms with Crippen LogP contribution in [0.25, 0.3) is 0 Å². The van der Waals surface area contributed by atoms with Gasteiger partial charge >= 0.3 is 0 Å². The van der Waals surface area contributed by atoms with E-state index in [1.54, 1.807) is 7.05 Å². The van der Waals surface area contributed by atoms with Crippen molar-refractivity contribution in [3.05, 3.63) is 0 Å². The Bertz CT molecular complexity index is 391. The molecule has 2 heterocycles. The Morgan fingerprint density at radius 1 is 1.25 bits per heavy atom. The summed E-state index contributed by atoms with van der Waals surface area (Å²) < 4.78 is 11.1. The first-order chi connectivity index (χ1) is 11.8. The molecule has 2 N–H and O–H groups in total. The zero-order chi connectivity index (χ0) is 17.0. The first-order valence-corrected chi connectivity index (χ1v) is 9.21. The van der Waals surface area contributed by atoms with E-state index in [1.807, 2.05) is 4.90 Å². The van der Waals surface area contributed by atoms with Gasteiger partial charge in [0.05, 0.1) is 19.3 Å². The van der Waals surface area contributed by atoms with Gasteiger partial charge in [0.1, 0.15) is 0 Å². The number of nitrogens with zero attached hydrogens (tertiary/aromatic N) is 2. The molecule has 2 saturated heterocycles. The number of nitrogens with one attached hydrogen (secondary N) is 2. The largest absolute Gasteiger partial charge is 0.379 e. The molecule has 1 amide bonds. The van der Waals surface area contributed by atoms with Gasteiger partial charge in [0.15, 0.2) is 5.96 Å². The maximum Gasteiger partial charge on any atom is 0.241 e. The lowest BCUT2D eigenvalue weighted by Crippen LogP contribution is -2.46. The lowest BCUT2D eigenvalue weighted by molar-refractivity contribution is -0.130. The maximum absolute atomic E-state index is 12.1. The molecule has 24 heavy (non-hydrogen) atoms. The minimum Gasteiger partial charge on any atom is -0.379 e. The van der Waals surface area contributed by atoms with Crippen molar-refractivity contribution in [2.45, 2.75) is 44.6 Å². The molecule has 7 nitrogen and oxygen atoms in total. The molecule has 0 aromatic carbocycles. The molecule has 0 aromatic heterocycles. The summed E-state index contributed by atoms with van der Waals surface area (Å²) >= 11 is 0. The molecule has 0 radical (unpaired) electrons. The SMILES string of the molecule is CN=C(NCCCOCC1CCCO1)NCC(=O)N1CCCCC1. The van der Waals surface area contributed by atoms with Crippen LogP contribution in [0, 0.1) is 0 Å². The third kappa shape index (κ3) is 7.05. The van der Waals surface area contributed by atoms with Gasteiger partial charge in [-0.25, -0.2) is 0 Å². The van der Waals surface area contributed by atoms with Gasteiger partial charge in [0.25, 0.3) is 0 Å². The fourth-order valence-electron chi connectivity index (χ4n) is 3.01. The Kier molecular flexibility index (Phi) is 8.91. The number of aliphatic imine (C=N–C) groups is 1. The number of guanidine groups is 1. The molecule has 0 aromatic rings. The third-order valence-corrected chi connectivity index (χ3v) is 4.43. The molecule has 0 aliphatic carbocycles. The standard InChI is InChI=1S/C17H32N4O3/c1-18-17(20-13-16(22)21-9-3-2-4-10-21)19-8-6-11-23-14-15-7-5-12-24-15/h15H,2-14H2,1H3,(H2,18,19,20). The van der Waals surface area contributed by atoms with E-state index >= 15 is 0 Å². The second-order valence-electron chi connectivity index (χ2n) is 6.36. The molecule has 138 valence electrons. The van der Waals surface area contributed by atoms with Crippen LogP contribution in [0.3, 0.4) is 0 Å². The minimum atomic E-state index is 0.151. The molecule has 2 aliphatic heterocycles. The normalized spacial score (nSPS) is 21.8. The molecule has 2 fully saturated rings. The number of carbonyl (C=O) groups excluding carboxylic acids is 1. The summed E-state index contributed by atoms with van der Waals surface area (Å²) in [5.41, 5.74) is 0. The molecule has 2 rings (SSSR count). The van der Waals surface area contributed by atoms with E-state index in [1.165, 1.54) is 6.42 Å². The van der Waals surface area contributed by atoms with Gasteiger partial charge in [-0.2, -0.15) is 0 Å². The average Bonchev–Trinajstić information content (AvgIpc) is 3.14. The fourth-order valence-corrected chi connectivity index (χ4v) is 3.01. The van der Waals surface area contributed by atoms with Crippen LogP contribution in [-0.2, 0) is 14.3 Å². The Morgan fingerprint density at radius 2 is 2.08 bits per heavy atom. The number of ether oxygens (including phenoxy) is 2. The van der Waals surface area contributed by atoms with E-state index in [9.17, 15) is 4.79 Å². The van der Waals surface area contributed by atoms with Crippen LogP contribution in [0.2, 0.25) is 0 Å². The third-order valence-electron chi connectivity index (χ3n) is 4.43. The summed E-state index contributed by atoms with van der Waals surface area (Å²) in [6, 6.07) is 0. The van der Waals surface area contributed by atoms with E-state index < -0.39 is 0 Å². The predicted molar refractivity (Wildman–Crippen MR) is 94.2 cm³/mol. The molecule has 7 heteroatoms. The number of hydrogen-bond acceptors (Lipinski definition) is 4. The molecule has 0 saturated carbocycles. The molecule has 2 aliphatic rings. The van der Waals surface area contributed by atoms with Crippen LogP contribution < -0.4 is 10.6 Å². The van der Waals surface area contributed by atoms with Gasteiger partial charge in [-0.15, -0.1) is 0 Å². The van der Waals surface area contributed by atoms with Crippen molar-refractivity contribution in [1.82, 2.24) is 15.5 Å². The molecular formula is C17H32N4O3. The van der Waals surface area contributed by atoms with Crippen molar-refractivity contribution in [3.8, 4) is 0 Å². The number of carbonyl (C=O) groups is 1. The molecule has 0 bridgehead atoms. The van der Waals surface area contributed by atoms with Crippen LogP contribution in [0.5, 0.6) is 0 Å². The van der Waals surface area contributed by atoms with E-state index in [2.05, 4.69) is 15.6 Å². The van der Waals surface area contributed by atoms with Crippen LogP contribution in [0.4, 0.5) is 0 Å². The van der Waals surface area contributed by atoms with Gasteiger partial charge in [-0.05, 0) is 38.5 Å². The highest BCUT2D eigenvalue weighted by molar-refractivity contribution is 5.86. The Balaban J connectivity index is 1.49. The monoisotopic (exact) mass is 340 g/mol. The highest BCUT2D eigenvalue weighted by Gasteiger charge is 2.16. The van der Waals surface area contributed by atoms with Crippen molar-refractivity contribution in [2.24, 2.45) is 4.99 Å². The lowest BCUT2D eigenvalue weighted by Gasteiger charge is -2.27. The number of amides is 1. The highest BCUT2D eigenvalue weighted by Crippen LogP contribution is 2.11. The zero-order valence-electron chi connectivity index (χ0n) is 14.9. The zero-order valence-corrected chi connectivity index (χ0v) is 14.9. The number of piperidine rings is 1. The van der Waals surface area contributed by atoms with Crippen LogP contribution >= 0.6 is 0 Å². The number of rotatable bonds is 8. The van der Waals surface area contributed by atoms with Gasteiger partial charge in [0.2, 0.25) is 5.91 Å². The van der Waals surface area contributed by atoms with Crippen molar-refractivity contribution in [3.63, 3.8) is 0 Å². The van der Waals surface area contributed by atoms with Crippen molar-refractivity contribution in [1.29, 1.82) is 0 Å². The van der Waals surface area contributed by atoms with Gasteiger partial charge in [0, 0.05) is 39.9 Å². The van der Waals surface area contributed by atoms with Gasteiger partial charge < -0.3 is 25.0 Å². The predicted octanol–water partition coefficient (Wildman–Crippen LogP) is 0.750. The van der Waals surface area contributed by atoms with Crippen LogP contribution in [-0.4, -0.2) is 75.9 Å². The summed E-state index contributed by atoms with van der Waals surface area (Å²) in [4.78, 5) is 18.2. The van der Waals surface area contributed by atoms with Gasteiger partial charge in [-0.1, -0.05) is 0 Å². The molecule has 1 atom stereocenters. The highest BCUT2D eigenvalue weighted by atomic mass is 16.5. The van der Waals surface area contributed by atoms with Gasteiger partial charge in [-0.3, -0.25) is 9.79 Å². The van der Waals surface area contributed by atoms with Crippen molar-refractivity contribution in [2.75, 3.05) is 53.0 Å². The Hall–Kier alpha value is -1.34. The first kappa shape index (κ1) is 19.0. The van der Waals surface area contributed by atoms with E-state index in [0.717, 1.165) is 58.3 Å².